The zero-order valence-electron chi connectivity index (χ0n) is 12.5. The normalized spacial score (nSPS) is 36.7. The van der Waals surface area contributed by atoms with Crippen molar-refractivity contribution in [2.75, 3.05) is 13.1 Å². The molecule has 2 aliphatic carbocycles. The van der Waals surface area contributed by atoms with Gasteiger partial charge in [-0.2, -0.15) is 0 Å². The highest BCUT2D eigenvalue weighted by Gasteiger charge is 2.61. The fraction of sp³-hybridized carbons (Fsp3) is 0.933. The van der Waals surface area contributed by atoms with Crippen LogP contribution in [0.25, 0.3) is 0 Å². The third-order valence-electron chi connectivity index (χ3n) is 6.14. The molecule has 2 rings (SSSR count). The van der Waals surface area contributed by atoms with Crippen LogP contribution in [0.3, 0.4) is 0 Å². The van der Waals surface area contributed by atoms with E-state index in [4.69, 9.17) is 0 Å². The Morgan fingerprint density at radius 2 is 1.89 bits per heavy atom. The average molecular weight is 252 g/mol. The number of urea groups is 1. The molecule has 0 heterocycles. The standard InChI is InChI=1S/C15H28N2O/c1-6-17(7-2)13(18)16-12-10-11-8-9-15(12,5)14(11,3)4/h11-12H,6-10H2,1-5H3,(H,16,18)/t11-,12+,15-/m1/s1. The minimum Gasteiger partial charge on any atom is -0.335 e. The average Bonchev–Trinajstić information content (AvgIpc) is 2.63. The van der Waals surface area contributed by atoms with Crippen LogP contribution in [0, 0.1) is 16.7 Å². The number of amides is 2. The number of carbonyl (C=O) groups is 1. The fourth-order valence-corrected chi connectivity index (χ4v) is 4.17. The molecule has 2 saturated carbocycles. The molecule has 2 fully saturated rings. The van der Waals surface area contributed by atoms with E-state index in [9.17, 15) is 4.79 Å². The second-order valence-electron chi connectivity index (χ2n) is 6.78. The van der Waals surface area contributed by atoms with Gasteiger partial charge in [-0.05, 0) is 49.9 Å². The van der Waals surface area contributed by atoms with Crippen molar-refractivity contribution in [1.29, 1.82) is 0 Å². The maximum atomic E-state index is 12.2. The topological polar surface area (TPSA) is 32.3 Å². The molecule has 1 N–H and O–H groups in total. The van der Waals surface area contributed by atoms with Crippen LogP contribution in [0.2, 0.25) is 0 Å². The van der Waals surface area contributed by atoms with E-state index in [1.165, 1.54) is 12.8 Å². The minimum absolute atomic E-state index is 0.120. The fourth-order valence-electron chi connectivity index (χ4n) is 4.17. The third kappa shape index (κ3) is 1.74. The quantitative estimate of drug-likeness (QED) is 0.821. The highest BCUT2D eigenvalue weighted by molar-refractivity contribution is 5.74. The number of hydrogen-bond donors (Lipinski definition) is 1. The van der Waals surface area contributed by atoms with Gasteiger partial charge in [0.25, 0.3) is 0 Å². The lowest BCUT2D eigenvalue weighted by atomic mass is 9.69. The van der Waals surface area contributed by atoms with Crippen molar-refractivity contribution in [2.45, 2.75) is 59.9 Å². The molecule has 0 aromatic rings. The van der Waals surface area contributed by atoms with Crippen molar-refractivity contribution in [3.05, 3.63) is 0 Å². The molecule has 0 saturated heterocycles. The van der Waals surface area contributed by atoms with Crippen molar-refractivity contribution in [3.63, 3.8) is 0 Å². The first kappa shape index (κ1) is 13.7. The number of carbonyl (C=O) groups excluding carboxylic acids is 1. The highest BCUT2D eigenvalue weighted by atomic mass is 16.2. The molecule has 0 aromatic heterocycles. The summed E-state index contributed by atoms with van der Waals surface area (Å²) in [5.41, 5.74) is 0.648. The SMILES string of the molecule is CCN(CC)C(=O)N[C@H]1C[C@H]2CC[C@@]1(C)C2(C)C. The maximum absolute atomic E-state index is 12.2. The first-order valence-corrected chi connectivity index (χ1v) is 7.42. The first-order valence-electron chi connectivity index (χ1n) is 7.42. The lowest BCUT2D eigenvalue weighted by Crippen LogP contribution is -2.51. The summed E-state index contributed by atoms with van der Waals surface area (Å²) in [4.78, 5) is 14.1. The van der Waals surface area contributed by atoms with Crippen molar-refractivity contribution in [1.82, 2.24) is 10.2 Å². The third-order valence-corrected chi connectivity index (χ3v) is 6.14. The van der Waals surface area contributed by atoms with Crippen LogP contribution in [-0.2, 0) is 0 Å². The molecule has 0 aliphatic heterocycles. The van der Waals surface area contributed by atoms with E-state index in [1.807, 2.05) is 18.7 Å². The Hall–Kier alpha value is -0.730. The van der Waals surface area contributed by atoms with Gasteiger partial charge >= 0.3 is 6.03 Å². The molecule has 0 unspecified atom stereocenters. The Morgan fingerprint density at radius 1 is 1.28 bits per heavy atom. The van der Waals surface area contributed by atoms with Gasteiger partial charge in [-0.3, -0.25) is 0 Å². The minimum atomic E-state index is 0.120. The summed E-state index contributed by atoms with van der Waals surface area (Å²) in [6.07, 6.45) is 3.76. The van der Waals surface area contributed by atoms with Crippen LogP contribution >= 0.6 is 0 Å². The summed E-state index contributed by atoms with van der Waals surface area (Å²) in [7, 11) is 0. The van der Waals surface area contributed by atoms with Crippen molar-refractivity contribution < 1.29 is 4.79 Å². The Bertz CT molecular complexity index is 335. The monoisotopic (exact) mass is 252 g/mol. The summed E-state index contributed by atoms with van der Waals surface area (Å²) in [6.45, 7) is 12.8. The number of fused-ring (bicyclic) bond motifs is 2. The van der Waals surface area contributed by atoms with Crippen LogP contribution in [-0.4, -0.2) is 30.1 Å². The van der Waals surface area contributed by atoms with E-state index in [0.29, 0.717) is 11.5 Å². The Labute approximate surface area is 111 Å². The van der Waals surface area contributed by atoms with Crippen LogP contribution in [0.4, 0.5) is 4.79 Å². The van der Waals surface area contributed by atoms with Crippen molar-refractivity contribution in [3.8, 4) is 0 Å². The zero-order chi connectivity index (χ0) is 13.6. The lowest BCUT2D eigenvalue weighted by Gasteiger charge is -2.40. The molecular formula is C15H28N2O. The molecule has 3 nitrogen and oxygen atoms in total. The van der Waals surface area contributed by atoms with Gasteiger partial charge in [0.15, 0.2) is 0 Å². The van der Waals surface area contributed by atoms with E-state index >= 15 is 0 Å². The van der Waals surface area contributed by atoms with E-state index in [2.05, 4.69) is 26.1 Å². The Kier molecular flexibility index (Phi) is 3.37. The molecule has 18 heavy (non-hydrogen) atoms. The summed E-state index contributed by atoms with van der Waals surface area (Å²) in [5.74, 6) is 0.782. The van der Waals surface area contributed by atoms with Gasteiger partial charge in [-0.25, -0.2) is 4.79 Å². The van der Waals surface area contributed by atoms with Crippen LogP contribution in [0.5, 0.6) is 0 Å². The molecule has 0 radical (unpaired) electrons. The largest absolute Gasteiger partial charge is 0.335 e. The first-order chi connectivity index (χ1) is 8.36. The molecular weight excluding hydrogens is 224 g/mol. The molecule has 0 aromatic carbocycles. The van der Waals surface area contributed by atoms with E-state index in [0.717, 1.165) is 25.4 Å². The molecule has 104 valence electrons. The van der Waals surface area contributed by atoms with E-state index < -0.39 is 0 Å². The smallest absolute Gasteiger partial charge is 0.317 e. The van der Waals surface area contributed by atoms with Gasteiger partial charge in [-0.15, -0.1) is 0 Å². The number of rotatable bonds is 3. The molecule has 3 heteroatoms. The van der Waals surface area contributed by atoms with E-state index in [-0.39, 0.29) is 11.4 Å². The molecule has 2 amide bonds. The lowest BCUT2D eigenvalue weighted by molar-refractivity contribution is 0.118. The van der Waals surface area contributed by atoms with Crippen molar-refractivity contribution >= 4 is 6.03 Å². The van der Waals surface area contributed by atoms with Gasteiger partial charge in [0.05, 0.1) is 0 Å². The Balaban J connectivity index is 2.07. The van der Waals surface area contributed by atoms with Crippen LogP contribution < -0.4 is 5.32 Å². The predicted molar refractivity (Wildman–Crippen MR) is 74.5 cm³/mol. The summed E-state index contributed by atoms with van der Waals surface area (Å²) in [6, 6.07) is 0.480. The molecule has 2 bridgehead atoms. The van der Waals surface area contributed by atoms with Gasteiger partial charge in [0, 0.05) is 19.1 Å². The van der Waals surface area contributed by atoms with Gasteiger partial charge in [0.1, 0.15) is 0 Å². The Morgan fingerprint density at radius 3 is 2.28 bits per heavy atom. The highest BCUT2D eigenvalue weighted by Crippen LogP contribution is 2.65. The summed E-state index contributed by atoms with van der Waals surface area (Å²) in [5, 5.41) is 3.30. The summed E-state index contributed by atoms with van der Waals surface area (Å²) < 4.78 is 0. The molecule has 2 aliphatic rings. The van der Waals surface area contributed by atoms with Gasteiger partial charge in [0.2, 0.25) is 0 Å². The maximum Gasteiger partial charge on any atom is 0.317 e. The zero-order valence-corrected chi connectivity index (χ0v) is 12.5. The van der Waals surface area contributed by atoms with Crippen LogP contribution in [0.1, 0.15) is 53.9 Å². The van der Waals surface area contributed by atoms with Gasteiger partial charge < -0.3 is 10.2 Å². The number of nitrogens with one attached hydrogen (secondary N) is 1. The predicted octanol–water partition coefficient (Wildman–Crippen LogP) is 3.25. The van der Waals surface area contributed by atoms with E-state index in [1.54, 1.807) is 0 Å². The number of hydrogen-bond acceptors (Lipinski definition) is 1. The molecule has 0 spiro atoms. The second-order valence-corrected chi connectivity index (χ2v) is 6.78. The van der Waals surface area contributed by atoms with Crippen LogP contribution in [0.15, 0.2) is 0 Å². The number of nitrogens with zero attached hydrogens (tertiary/aromatic N) is 1. The van der Waals surface area contributed by atoms with Crippen molar-refractivity contribution in [2.24, 2.45) is 16.7 Å². The van der Waals surface area contributed by atoms with Gasteiger partial charge in [-0.1, -0.05) is 20.8 Å². The summed E-state index contributed by atoms with van der Waals surface area (Å²) >= 11 is 0. The second kappa shape index (κ2) is 4.43. The molecule has 3 atom stereocenters.